The van der Waals surface area contributed by atoms with Crippen LogP contribution in [-0.4, -0.2) is 60.3 Å². The largest absolute Gasteiger partial charge is 0.393 e. The molecule has 20 heavy (non-hydrogen) atoms. The molecule has 0 aromatic rings. The van der Waals surface area contributed by atoms with E-state index in [0.29, 0.717) is 5.41 Å². The summed E-state index contributed by atoms with van der Waals surface area (Å²) in [7, 11) is 0. The van der Waals surface area contributed by atoms with Gasteiger partial charge in [0.15, 0.2) is 0 Å². The number of aliphatic hydroxyl groups is 1. The smallest absolute Gasteiger partial charge is 0.0540 e. The summed E-state index contributed by atoms with van der Waals surface area (Å²) in [5.41, 5.74) is 0.401. The number of piperazine rings is 1. The molecule has 1 atom stereocenters. The monoisotopic (exact) mass is 284 g/mol. The second kappa shape index (κ2) is 9.01. The van der Waals surface area contributed by atoms with Gasteiger partial charge in [-0.3, -0.25) is 0 Å². The van der Waals surface area contributed by atoms with Crippen LogP contribution in [0.3, 0.4) is 0 Å². The third-order valence-electron chi connectivity index (χ3n) is 4.39. The molecule has 0 radical (unpaired) electrons. The maximum Gasteiger partial charge on any atom is 0.0540 e. The molecule has 0 aromatic carbocycles. The maximum atomic E-state index is 10.0. The van der Waals surface area contributed by atoms with Crippen LogP contribution < -0.4 is 0 Å². The third-order valence-corrected chi connectivity index (χ3v) is 4.39. The lowest BCUT2D eigenvalue weighted by Crippen LogP contribution is -2.46. The quantitative estimate of drug-likeness (QED) is 0.742. The fourth-order valence-corrected chi connectivity index (χ4v) is 2.89. The van der Waals surface area contributed by atoms with Crippen molar-refractivity contribution in [3.63, 3.8) is 0 Å². The second-order valence-corrected chi connectivity index (χ2v) is 7.52. The second-order valence-electron chi connectivity index (χ2n) is 7.52. The van der Waals surface area contributed by atoms with Gasteiger partial charge in [-0.15, -0.1) is 0 Å². The first-order chi connectivity index (χ1) is 9.40. The zero-order valence-electron chi connectivity index (χ0n) is 14.2. The Morgan fingerprint density at radius 2 is 1.50 bits per heavy atom. The highest BCUT2D eigenvalue weighted by atomic mass is 16.3. The van der Waals surface area contributed by atoms with E-state index < -0.39 is 0 Å². The number of nitrogens with zero attached hydrogens (tertiary/aromatic N) is 2. The summed E-state index contributed by atoms with van der Waals surface area (Å²) in [6.45, 7) is 16.2. The summed E-state index contributed by atoms with van der Waals surface area (Å²) in [5, 5.41) is 10.0. The van der Waals surface area contributed by atoms with Crippen molar-refractivity contribution >= 4 is 0 Å². The maximum absolute atomic E-state index is 10.0. The van der Waals surface area contributed by atoms with Crippen molar-refractivity contribution in [3.8, 4) is 0 Å². The molecule has 0 amide bonds. The van der Waals surface area contributed by atoms with Gasteiger partial charge in [-0.25, -0.2) is 0 Å². The van der Waals surface area contributed by atoms with E-state index in [1.165, 1.54) is 39.1 Å². The number of aliphatic hydroxyl groups excluding tert-OH is 1. The summed E-state index contributed by atoms with van der Waals surface area (Å²) < 4.78 is 0. The molecule has 0 unspecified atom stereocenters. The molecule has 1 aliphatic heterocycles. The summed E-state index contributed by atoms with van der Waals surface area (Å²) in [6, 6.07) is 0. The van der Waals surface area contributed by atoms with Crippen molar-refractivity contribution in [2.75, 3.05) is 39.3 Å². The molecule has 120 valence electrons. The van der Waals surface area contributed by atoms with Gasteiger partial charge in [0, 0.05) is 26.2 Å². The predicted octanol–water partition coefficient (Wildman–Crippen LogP) is 2.98. The number of likely N-dealkylation sites (N-methyl/N-ethyl adjacent to an activating group) is 1. The van der Waals surface area contributed by atoms with E-state index in [-0.39, 0.29) is 6.10 Å². The summed E-state index contributed by atoms with van der Waals surface area (Å²) in [6.07, 6.45) is 5.36. The Balaban J connectivity index is 2.00. The SMILES string of the molecule is CCN1CCN(CCC[C@H](O)CCCC(C)(C)C)CC1. The van der Waals surface area contributed by atoms with Crippen molar-refractivity contribution in [3.05, 3.63) is 0 Å². The molecule has 1 rings (SSSR count). The van der Waals surface area contributed by atoms with E-state index in [9.17, 15) is 5.11 Å². The normalized spacial score (nSPS) is 20.2. The van der Waals surface area contributed by atoms with Crippen molar-refractivity contribution in [1.82, 2.24) is 9.80 Å². The average molecular weight is 284 g/mol. The van der Waals surface area contributed by atoms with Gasteiger partial charge >= 0.3 is 0 Å². The molecule has 0 saturated carbocycles. The van der Waals surface area contributed by atoms with E-state index >= 15 is 0 Å². The molecule has 0 aromatic heterocycles. The van der Waals surface area contributed by atoms with Crippen molar-refractivity contribution in [2.24, 2.45) is 5.41 Å². The van der Waals surface area contributed by atoms with Crippen LogP contribution in [-0.2, 0) is 0 Å². The first-order valence-electron chi connectivity index (χ1n) is 8.53. The van der Waals surface area contributed by atoms with E-state index in [4.69, 9.17) is 0 Å². The van der Waals surface area contributed by atoms with Gasteiger partial charge in [0.2, 0.25) is 0 Å². The van der Waals surface area contributed by atoms with Crippen molar-refractivity contribution < 1.29 is 5.11 Å². The molecule has 0 spiro atoms. The Morgan fingerprint density at radius 1 is 0.950 bits per heavy atom. The Bertz CT molecular complexity index is 242. The highest BCUT2D eigenvalue weighted by molar-refractivity contribution is 4.71. The van der Waals surface area contributed by atoms with Crippen LogP contribution in [0.5, 0.6) is 0 Å². The Morgan fingerprint density at radius 3 is 2.05 bits per heavy atom. The summed E-state index contributed by atoms with van der Waals surface area (Å²) >= 11 is 0. The fourth-order valence-electron chi connectivity index (χ4n) is 2.89. The Hall–Kier alpha value is -0.120. The van der Waals surface area contributed by atoms with E-state index in [1.54, 1.807) is 0 Å². The standard InChI is InChI=1S/C17H36N2O/c1-5-18-12-14-19(15-13-18)11-7-9-16(20)8-6-10-17(2,3)4/h16,20H,5-15H2,1-4H3/t16-/m1/s1. The van der Waals surface area contributed by atoms with Crippen molar-refractivity contribution in [2.45, 2.75) is 65.9 Å². The molecule has 1 heterocycles. The summed E-state index contributed by atoms with van der Waals surface area (Å²) in [5.74, 6) is 0. The zero-order chi connectivity index (χ0) is 15.0. The molecule has 0 aliphatic carbocycles. The molecule has 1 saturated heterocycles. The van der Waals surface area contributed by atoms with Crippen LogP contribution in [0.25, 0.3) is 0 Å². The van der Waals surface area contributed by atoms with E-state index in [1.807, 2.05) is 0 Å². The van der Waals surface area contributed by atoms with Crippen molar-refractivity contribution in [1.29, 1.82) is 0 Å². The first kappa shape index (κ1) is 17.9. The topological polar surface area (TPSA) is 26.7 Å². The van der Waals surface area contributed by atoms with E-state index in [0.717, 1.165) is 32.2 Å². The van der Waals surface area contributed by atoms with Gasteiger partial charge in [0.05, 0.1) is 6.10 Å². The summed E-state index contributed by atoms with van der Waals surface area (Å²) in [4.78, 5) is 5.06. The predicted molar refractivity (Wildman–Crippen MR) is 87.1 cm³/mol. The van der Waals surface area contributed by atoms with Crippen LogP contribution in [0.15, 0.2) is 0 Å². The molecule has 1 fully saturated rings. The molecule has 3 nitrogen and oxygen atoms in total. The minimum atomic E-state index is -0.0886. The minimum Gasteiger partial charge on any atom is -0.393 e. The van der Waals surface area contributed by atoms with Gasteiger partial charge < -0.3 is 14.9 Å². The van der Waals surface area contributed by atoms with Crippen LogP contribution in [0, 0.1) is 5.41 Å². The van der Waals surface area contributed by atoms with Gasteiger partial charge in [-0.05, 0) is 44.2 Å². The fraction of sp³-hybridized carbons (Fsp3) is 1.00. The zero-order valence-corrected chi connectivity index (χ0v) is 14.2. The molecular formula is C17H36N2O. The third kappa shape index (κ3) is 8.23. The van der Waals surface area contributed by atoms with Gasteiger partial charge in [0.1, 0.15) is 0 Å². The number of hydrogen-bond donors (Lipinski definition) is 1. The molecular weight excluding hydrogens is 248 g/mol. The van der Waals surface area contributed by atoms with Crippen LogP contribution in [0.4, 0.5) is 0 Å². The molecule has 1 aliphatic rings. The number of hydrogen-bond acceptors (Lipinski definition) is 3. The van der Waals surface area contributed by atoms with E-state index in [2.05, 4.69) is 37.5 Å². The van der Waals surface area contributed by atoms with Crippen LogP contribution >= 0.6 is 0 Å². The van der Waals surface area contributed by atoms with Gasteiger partial charge in [-0.1, -0.05) is 34.1 Å². The Labute approximate surface area is 126 Å². The lowest BCUT2D eigenvalue weighted by atomic mass is 9.89. The van der Waals surface area contributed by atoms with Crippen LogP contribution in [0.2, 0.25) is 0 Å². The first-order valence-corrected chi connectivity index (χ1v) is 8.53. The molecule has 0 bridgehead atoms. The number of rotatable bonds is 8. The Kier molecular flexibility index (Phi) is 8.08. The van der Waals surface area contributed by atoms with Gasteiger partial charge in [-0.2, -0.15) is 0 Å². The van der Waals surface area contributed by atoms with Crippen LogP contribution in [0.1, 0.15) is 59.8 Å². The molecule has 3 heteroatoms. The minimum absolute atomic E-state index is 0.0886. The lowest BCUT2D eigenvalue weighted by molar-refractivity contribution is 0.115. The average Bonchev–Trinajstić information content (AvgIpc) is 2.38. The highest BCUT2D eigenvalue weighted by Gasteiger charge is 2.15. The molecule has 1 N–H and O–H groups in total. The highest BCUT2D eigenvalue weighted by Crippen LogP contribution is 2.22. The lowest BCUT2D eigenvalue weighted by Gasteiger charge is -2.34. The van der Waals surface area contributed by atoms with Gasteiger partial charge in [0.25, 0.3) is 0 Å².